The molecule has 0 heterocycles. The number of benzene rings is 3. The van der Waals surface area contributed by atoms with Crippen molar-refractivity contribution in [1.29, 1.82) is 0 Å². The molecule has 3 rings (SSSR count). The highest BCUT2D eigenvalue weighted by Gasteiger charge is 2.23. The van der Waals surface area contributed by atoms with E-state index < -0.39 is 12.0 Å². The lowest BCUT2D eigenvalue weighted by molar-refractivity contribution is -0.122. The topological polar surface area (TPSA) is 67.4 Å². The number of hydrazine groups is 1. The van der Waals surface area contributed by atoms with Crippen LogP contribution in [0, 0.1) is 0 Å². The molecule has 0 saturated heterocycles. The zero-order valence-corrected chi connectivity index (χ0v) is 14.7. The molecule has 2 N–H and O–H groups in total. The molecule has 27 heavy (non-hydrogen) atoms. The van der Waals surface area contributed by atoms with Gasteiger partial charge in [-0.15, -0.1) is 0 Å². The number of hydrogen-bond donors (Lipinski definition) is 2. The average molecular weight is 360 g/mol. The maximum Gasteiger partial charge on any atom is 0.426 e. The summed E-state index contributed by atoms with van der Waals surface area (Å²) in [5, 5.41) is 0. The van der Waals surface area contributed by atoms with Crippen LogP contribution in [0.1, 0.15) is 22.6 Å². The summed E-state index contributed by atoms with van der Waals surface area (Å²) in [6, 6.07) is 28.1. The Morgan fingerprint density at radius 1 is 0.704 bits per heavy atom. The van der Waals surface area contributed by atoms with Crippen LogP contribution in [0.2, 0.25) is 0 Å². The number of ether oxygens (including phenoxy) is 1. The molecule has 2 amide bonds. The summed E-state index contributed by atoms with van der Waals surface area (Å²) in [5.74, 6) is -0.883. The van der Waals surface area contributed by atoms with Gasteiger partial charge in [0.05, 0.1) is 5.92 Å². The van der Waals surface area contributed by atoms with Crippen LogP contribution in [0.25, 0.3) is 0 Å². The predicted molar refractivity (Wildman–Crippen MR) is 103 cm³/mol. The van der Waals surface area contributed by atoms with Gasteiger partial charge in [0.2, 0.25) is 5.91 Å². The van der Waals surface area contributed by atoms with Gasteiger partial charge in [0.25, 0.3) is 0 Å². The number of hydrogen-bond acceptors (Lipinski definition) is 3. The molecule has 0 bridgehead atoms. The fourth-order valence-corrected chi connectivity index (χ4v) is 2.73. The van der Waals surface area contributed by atoms with Crippen LogP contribution in [0.15, 0.2) is 91.0 Å². The van der Waals surface area contributed by atoms with Crippen molar-refractivity contribution in [2.75, 3.05) is 0 Å². The summed E-state index contributed by atoms with van der Waals surface area (Å²) >= 11 is 0. The Balaban J connectivity index is 1.62. The van der Waals surface area contributed by atoms with E-state index in [1.165, 1.54) is 0 Å². The fraction of sp³-hybridized carbons (Fsp3) is 0.0909. The highest BCUT2D eigenvalue weighted by Crippen LogP contribution is 2.24. The molecule has 0 aromatic heterocycles. The molecule has 3 aromatic rings. The number of amides is 2. The fourth-order valence-electron chi connectivity index (χ4n) is 2.73. The summed E-state index contributed by atoms with van der Waals surface area (Å²) in [6.45, 7) is 0.128. The minimum Gasteiger partial charge on any atom is -0.443 e. The summed E-state index contributed by atoms with van der Waals surface area (Å²) in [4.78, 5) is 24.6. The second-order valence-electron chi connectivity index (χ2n) is 5.93. The van der Waals surface area contributed by atoms with E-state index in [1.54, 1.807) is 0 Å². The second-order valence-corrected chi connectivity index (χ2v) is 5.93. The van der Waals surface area contributed by atoms with Crippen molar-refractivity contribution in [2.45, 2.75) is 12.5 Å². The third-order valence-corrected chi connectivity index (χ3v) is 4.03. The van der Waals surface area contributed by atoms with Crippen LogP contribution in [-0.2, 0) is 16.1 Å². The van der Waals surface area contributed by atoms with Gasteiger partial charge < -0.3 is 4.74 Å². The van der Waals surface area contributed by atoms with E-state index in [-0.39, 0.29) is 12.5 Å². The zero-order valence-electron chi connectivity index (χ0n) is 14.7. The van der Waals surface area contributed by atoms with Gasteiger partial charge in [-0.05, 0) is 16.7 Å². The standard InChI is InChI=1S/C22H20N2O3/c25-21(23-24-22(26)27-16-17-10-4-1-5-11-17)20(18-12-6-2-7-13-18)19-14-8-3-9-15-19/h1-15,20H,16H2,(H,23,25)(H,24,26). The molecular formula is C22H20N2O3. The Labute approximate surface area is 158 Å². The molecule has 3 aromatic carbocycles. The van der Waals surface area contributed by atoms with Crippen LogP contribution in [0.5, 0.6) is 0 Å². The third-order valence-electron chi connectivity index (χ3n) is 4.03. The monoisotopic (exact) mass is 360 g/mol. The maximum absolute atomic E-state index is 12.7. The lowest BCUT2D eigenvalue weighted by Gasteiger charge is -2.18. The van der Waals surface area contributed by atoms with E-state index in [0.717, 1.165) is 16.7 Å². The molecule has 0 aliphatic carbocycles. The van der Waals surface area contributed by atoms with Crippen LogP contribution in [0.3, 0.4) is 0 Å². The molecule has 0 fully saturated rings. The Bertz CT molecular complexity index is 828. The molecular weight excluding hydrogens is 340 g/mol. The highest BCUT2D eigenvalue weighted by molar-refractivity contribution is 5.88. The Morgan fingerprint density at radius 2 is 1.19 bits per heavy atom. The van der Waals surface area contributed by atoms with Crippen LogP contribution < -0.4 is 10.9 Å². The lowest BCUT2D eigenvalue weighted by Crippen LogP contribution is -2.44. The van der Waals surface area contributed by atoms with Gasteiger partial charge in [0.1, 0.15) is 6.61 Å². The second kappa shape index (κ2) is 9.20. The zero-order chi connectivity index (χ0) is 18.9. The smallest absolute Gasteiger partial charge is 0.426 e. The van der Waals surface area contributed by atoms with Crippen LogP contribution in [-0.4, -0.2) is 12.0 Å². The largest absolute Gasteiger partial charge is 0.443 e. The summed E-state index contributed by atoms with van der Waals surface area (Å²) in [6.07, 6.45) is -0.716. The van der Waals surface area contributed by atoms with Crippen molar-refractivity contribution in [3.8, 4) is 0 Å². The molecule has 5 nitrogen and oxygen atoms in total. The van der Waals surface area contributed by atoms with Crippen molar-refractivity contribution in [2.24, 2.45) is 0 Å². The quantitative estimate of drug-likeness (QED) is 0.681. The van der Waals surface area contributed by atoms with Gasteiger partial charge in [-0.2, -0.15) is 0 Å². The summed E-state index contributed by atoms with van der Waals surface area (Å²) in [5.41, 5.74) is 7.30. The molecule has 0 atom stereocenters. The predicted octanol–water partition coefficient (Wildman–Crippen LogP) is 3.78. The molecule has 0 aliphatic rings. The number of carbonyl (C=O) groups is 2. The first-order chi connectivity index (χ1) is 13.2. The van der Waals surface area contributed by atoms with Gasteiger partial charge in [0.15, 0.2) is 0 Å². The maximum atomic E-state index is 12.7. The van der Waals surface area contributed by atoms with Crippen LogP contribution in [0.4, 0.5) is 4.79 Å². The molecule has 0 spiro atoms. The van der Waals surface area contributed by atoms with Gasteiger partial charge in [-0.25, -0.2) is 10.2 Å². The first-order valence-corrected chi connectivity index (χ1v) is 8.60. The van der Waals surface area contributed by atoms with Gasteiger partial charge in [-0.1, -0.05) is 91.0 Å². The number of rotatable bonds is 5. The first-order valence-electron chi connectivity index (χ1n) is 8.60. The highest BCUT2D eigenvalue weighted by atomic mass is 16.6. The van der Waals surface area contributed by atoms with E-state index >= 15 is 0 Å². The SMILES string of the molecule is O=C(NNC(=O)C(c1ccccc1)c1ccccc1)OCc1ccccc1. The van der Waals surface area contributed by atoms with Crippen molar-refractivity contribution >= 4 is 12.0 Å². The third kappa shape index (κ3) is 5.19. The van der Waals surface area contributed by atoms with Crippen molar-refractivity contribution < 1.29 is 14.3 Å². The molecule has 0 aliphatic heterocycles. The molecule has 0 saturated carbocycles. The Kier molecular flexibility index (Phi) is 6.20. The van der Waals surface area contributed by atoms with Gasteiger partial charge in [0, 0.05) is 0 Å². The Hall–Kier alpha value is -3.60. The normalized spacial score (nSPS) is 10.3. The summed E-state index contributed by atoms with van der Waals surface area (Å²) < 4.78 is 5.10. The van der Waals surface area contributed by atoms with E-state index in [0.29, 0.717) is 0 Å². The van der Waals surface area contributed by atoms with Crippen molar-refractivity contribution in [3.63, 3.8) is 0 Å². The first kappa shape index (κ1) is 18.2. The van der Waals surface area contributed by atoms with E-state index in [2.05, 4.69) is 10.9 Å². The van der Waals surface area contributed by atoms with Gasteiger partial charge >= 0.3 is 6.09 Å². The van der Waals surface area contributed by atoms with Crippen molar-refractivity contribution in [1.82, 2.24) is 10.9 Å². The average Bonchev–Trinajstić information content (AvgIpc) is 2.73. The molecule has 0 radical (unpaired) electrons. The van der Waals surface area contributed by atoms with E-state index in [4.69, 9.17) is 4.74 Å². The lowest BCUT2D eigenvalue weighted by atomic mass is 9.91. The minimum atomic E-state index is -0.716. The van der Waals surface area contributed by atoms with Crippen LogP contribution >= 0.6 is 0 Å². The van der Waals surface area contributed by atoms with E-state index in [1.807, 2.05) is 91.0 Å². The molecule has 136 valence electrons. The molecule has 5 heteroatoms. The summed E-state index contributed by atoms with van der Waals surface area (Å²) in [7, 11) is 0. The minimum absolute atomic E-state index is 0.128. The number of nitrogens with one attached hydrogen (secondary N) is 2. The van der Waals surface area contributed by atoms with E-state index in [9.17, 15) is 9.59 Å². The Morgan fingerprint density at radius 3 is 1.70 bits per heavy atom. The van der Waals surface area contributed by atoms with Gasteiger partial charge in [-0.3, -0.25) is 10.2 Å². The van der Waals surface area contributed by atoms with Crippen molar-refractivity contribution in [3.05, 3.63) is 108 Å². The molecule has 0 unspecified atom stereocenters. The number of carbonyl (C=O) groups excluding carboxylic acids is 2.